The lowest BCUT2D eigenvalue weighted by atomic mass is 10.1. The van der Waals surface area contributed by atoms with Gasteiger partial charge in [0.15, 0.2) is 0 Å². The van der Waals surface area contributed by atoms with Gasteiger partial charge in [-0.05, 0) is 26.3 Å². The number of nitrogens with zero attached hydrogens (tertiary/aromatic N) is 2. The lowest BCUT2D eigenvalue weighted by molar-refractivity contribution is 0.751. The second kappa shape index (κ2) is 5.61. The Morgan fingerprint density at radius 1 is 1.47 bits per heavy atom. The Morgan fingerprint density at radius 2 is 2.20 bits per heavy atom. The minimum atomic E-state index is 0.223. The van der Waals surface area contributed by atoms with Gasteiger partial charge in [0, 0.05) is 18.2 Å². The van der Waals surface area contributed by atoms with E-state index in [-0.39, 0.29) is 6.04 Å². The summed E-state index contributed by atoms with van der Waals surface area (Å²) in [7, 11) is 0. The molecule has 0 aliphatic carbocycles. The van der Waals surface area contributed by atoms with Gasteiger partial charge in [-0.1, -0.05) is 19.1 Å². The molecule has 82 valence electrons. The molecule has 1 aromatic rings. The van der Waals surface area contributed by atoms with Crippen molar-refractivity contribution in [3.8, 4) is 0 Å². The Labute approximate surface area is 91.4 Å². The van der Waals surface area contributed by atoms with Gasteiger partial charge in [-0.15, -0.1) is 0 Å². The number of hydrogen-bond donors (Lipinski definition) is 1. The van der Waals surface area contributed by atoms with Crippen molar-refractivity contribution < 1.29 is 0 Å². The zero-order valence-corrected chi connectivity index (χ0v) is 9.64. The molecule has 0 aromatic carbocycles. The minimum absolute atomic E-state index is 0.223. The van der Waals surface area contributed by atoms with Gasteiger partial charge in [0.25, 0.3) is 0 Å². The van der Waals surface area contributed by atoms with Gasteiger partial charge in [0.2, 0.25) is 0 Å². The van der Waals surface area contributed by atoms with Crippen molar-refractivity contribution in [2.75, 3.05) is 0 Å². The van der Waals surface area contributed by atoms with Crippen molar-refractivity contribution >= 4 is 0 Å². The number of nitrogens with two attached hydrogens (primary N) is 1. The molecule has 15 heavy (non-hydrogen) atoms. The third kappa shape index (κ3) is 4.21. The molecule has 1 rings (SSSR count). The number of aromatic nitrogens is 2. The Kier molecular flexibility index (Phi) is 4.43. The first-order chi connectivity index (χ1) is 7.09. The van der Waals surface area contributed by atoms with Gasteiger partial charge in [0.05, 0.1) is 5.69 Å². The summed E-state index contributed by atoms with van der Waals surface area (Å²) in [5, 5.41) is 0. The Balaban J connectivity index is 2.60. The fourth-order valence-electron chi connectivity index (χ4n) is 1.32. The highest BCUT2D eigenvalue weighted by molar-refractivity contribution is 5.13. The average molecular weight is 205 g/mol. The molecule has 0 aliphatic rings. The molecular formula is C12H19N3. The molecule has 0 saturated heterocycles. The maximum Gasteiger partial charge on any atom is 0.125 e. The largest absolute Gasteiger partial charge is 0.328 e. The molecule has 2 atom stereocenters. The molecule has 2 N–H and O–H groups in total. The first-order valence-corrected chi connectivity index (χ1v) is 5.31. The number of aryl methyl sites for hydroxylation is 1. The molecule has 0 radical (unpaired) electrons. The van der Waals surface area contributed by atoms with E-state index in [1.165, 1.54) is 0 Å². The second-order valence-corrected chi connectivity index (χ2v) is 3.96. The summed E-state index contributed by atoms with van der Waals surface area (Å²) < 4.78 is 0. The quantitative estimate of drug-likeness (QED) is 0.766. The maximum absolute atomic E-state index is 5.66. The fourth-order valence-corrected chi connectivity index (χ4v) is 1.32. The van der Waals surface area contributed by atoms with Crippen molar-refractivity contribution in [3.05, 3.63) is 35.9 Å². The van der Waals surface area contributed by atoms with Gasteiger partial charge >= 0.3 is 0 Å². The SMILES string of the molecule is Cc1nccc(C(C)/C=C\CC(C)N)n1. The first kappa shape index (κ1) is 11.9. The lowest BCUT2D eigenvalue weighted by Crippen LogP contribution is -2.12. The summed E-state index contributed by atoms with van der Waals surface area (Å²) in [6.45, 7) is 6.03. The van der Waals surface area contributed by atoms with E-state index in [4.69, 9.17) is 5.73 Å². The molecule has 3 nitrogen and oxygen atoms in total. The van der Waals surface area contributed by atoms with Crippen molar-refractivity contribution in [2.24, 2.45) is 5.73 Å². The van der Waals surface area contributed by atoms with E-state index in [9.17, 15) is 0 Å². The predicted molar refractivity (Wildman–Crippen MR) is 62.6 cm³/mol. The molecule has 0 amide bonds. The Morgan fingerprint density at radius 3 is 2.80 bits per heavy atom. The van der Waals surface area contributed by atoms with Crippen LogP contribution in [-0.2, 0) is 0 Å². The summed E-state index contributed by atoms with van der Waals surface area (Å²) in [6.07, 6.45) is 6.97. The normalized spacial score (nSPS) is 15.5. The highest BCUT2D eigenvalue weighted by atomic mass is 14.9. The van der Waals surface area contributed by atoms with Crippen LogP contribution in [0.1, 0.15) is 37.7 Å². The van der Waals surface area contributed by atoms with Crippen molar-refractivity contribution in [1.29, 1.82) is 0 Å². The van der Waals surface area contributed by atoms with Crippen LogP contribution in [0.2, 0.25) is 0 Å². The van der Waals surface area contributed by atoms with Crippen LogP contribution in [0.5, 0.6) is 0 Å². The number of allylic oxidation sites excluding steroid dienone is 1. The maximum atomic E-state index is 5.66. The van der Waals surface area contributed by atoms with Crippen LogP contribution in [0.15, 0.2) is 24.4 Å². The van der Waals surface area contributed by atoms with Gasteiger partial charge in [-0.25, -0.2) is 9.97 Å². The van der Waals surface area contributed by atoms with Gasteiger partial charge in [-0.3, -0.25) is 0 Å². The number of hydrogen-bond acceptors (Lipinski definition) is 3. The van der Waals surface area contributed by atoms with Crippen molar-refractivity contribution in [3.63, 3.8) is 0 Å². The van der Waals surface area contributed by atoms with Crippen LogP contribution in [0.3, 0.4) is 0 Å². The molecule has 0 bridgehead atoms. The van der Waals surface area contributed by atoms with Crippen LogP contribution in [0, 0.1) is 6.92 Å². The van der Waals surface area contributed by atoms with Crippen LogP contribution in [0.25, 0.3) is 0 Å². The Hall–Kier alpha value is -1.22. The lowest BCUT2D eigenvalue weighted by Gasteiger charge is -2.06. The summed E-state index contributed by atoms with van der Waals surface area (Å²) in [4.78, 5) is 8.45. The molecule has 0 spiro atoms. The van der Waals surface area contributed by atoms with E-state index in [0.717, 1.165) is 17.9 Å². The smallest absolute Gasteiger partial charge is 0.125 e. The van der Waals surface area contributed by atoms with Crippen LogP contribution < -0.4 is 5.73 Å². The minimum Gasteiger partial charge on any atom is -0.328 e. The highest BCUT2D eigenvalue weighted by Crippen LogP contribution is 2.13. The zero-order chi connectivity index (χ0) is 11.3. The number of rotatable bonds is 4. The van der Waals surface area contributed by atoms with Gasteiger partial charge in [0.1, 0.15) is 5.82 Å². The van der Waals surface area contributed by atoms with E-state index < -0.39 is 0 Å². The summed E-state index contributed by atoms with van der Waals surface area (Å²) >= 11 is 0. The molecule has 0 saturated carbocycles. The predicted octanol–water partition coefficient (Wildman–Crippen LogP) is 2.18. The Bertz CT molecular complexity index is 331. The van der Waals surface area contributed by atoms with Crippen molar-refractivity contribution in [2.45, 2.75) is 39.2 Å². The molecule has 0 fully saturated rings. The fraction of sp³-hybridized carbons (Fsp3) is 0.500. The first-order valence-electron chi connectivity index (χ1n) is 5.31. The summed E-state index contributed by atoms with van der Waals surface area (Å²) in [5.74, 6) is 1.14. The second-order valence-electron chi connectivity index (χ2n) is 3.96. The van der Waals surface area contributed by atoms with E-state index in [1.807, 2.05) is 19.9 Å². The highest BCUT2D eigenvalue weighted by Gasteiger charge is 2.02. The molecule has 0 aliphatic heterocycles. The van der Waals surface area contributed by atoms with E-state index in [2.05, 4.69) is 29.0 Å². The molecule has 1 heterocycles. The monoisotopic (exact) mass is 205 g/mol. The molecule has 3 heteroatoms. The van der Waals surface area contributed by atoms with Crippen molar-refractivity contribution in [1.82, 2.24) is 9.97 Å². The van der Waals surface area contributed by atoms with E-state index in [0.29, 0.717) is 5.92 Å². The standard InChI is InChI=1S/C12H19N3/c1-9(5-4-6-10(2)13)12-7-8-14-11(3)15-12/h4-5,7-10H,6,13H2,1-3H3/b5-4-. The zero-order valence-electron chi connectivity index (χ0n) is 9.64. The molecule has 2 unspecified atom stereocenters. The third-order valence-corrected chi connectivity index (χ3v) is 2.20. The topological polar surface area (TPSA) is 51.8 Å². The average Bonchev–Trinajstić information content (AvgIpc) is 2.17. The van der Waals surface area contributed by atoms with Crippen LogP contribution in [-0.4, -0.2) is 16.0 Å². The van der Waals surface area contributed by atoms with Crippen LogP contribution in [0.4, 0.5) is 0 Å². The molecular weight excluding hydrogens is 186 g/mol. The van der Waals surface area contributed by atoms with Gasteiger partial charge < -0.3 is 5.73 Å². The third-order valence-electron chi connectivity index (χ3n) is 2.20. The van der Waals surface area contributed by atoms with Crippen LogP contribution >= 0.6 is 0 Å². The van der Waals surface area contributed by atoms with E-state index >= 15 is 0 Å². The summed E-state index contributed by atoms with van der Waals surface area (Å²) in [5.41, 5.74) is 6.72. The van der Waals surface area contributed by atoms with E-state index in [1.54, 1.807) is 6.20 Å². The summed E-state index contributed by atoms with van der Waals surface area (Å²) in [6, 6.07) is 2.18. The van der Waals surface area contributed by atoms with Gasteiger partial charge in [-0.2, -0.15) is 0 Å². The molecule has 1 aromatic heterocycles.